The van der Waals surface area contributed by atoms with E-state index < -0.39 is 17.9 Å². The van der Waals surface area contributed by atoms with Gasteiger partial charge in [-0.3, -0.25) is 4.79 Å². The number of nitrogens with zero attached hydrogens (tertiary/aromatic N) is 1. The summed E-state index contributed by atoms with van der Waals surface area (Å²) in [5.74, 6) is -0.759. The molecule has 2 unspecified atom stereocenters. The maximum absolute atomic E-state index is 12.7. The van der Waals surface area contributed by atoms with Crippen LogP contribution < -0.4 is 0 Å². The minimum atomic E-state index is -0.992. The van der Waals surface area contributed by atoms with Crippen LogP contribution in [0.3, 0.4) is 0 Å². The number of aliphatic carboxylic acids is 1. The van der Waals surface area contributed by atoms with Crippen LogP contribution in [0.25, 0.3) is 0 Å². The Balaban J connectivity index is 1.95. The Morgan fingerprint density at radius 1 is 1.33 bits per heavy atom. The van der Waals surface area contributed by atoms with E-state index in [1.807, 2.05) is 0 Å². The molecule has 1 aromatic rings. The first-order chi connectivity index (χ1) is 9.99. The summed E-state index contributed by atoms with van der Waals surface area (Å²) in [5.41, 5.74) is 0.142. The predicted octanol–water partition coefficient (Wildman–Crippen LogP) is 2.53. The number of hydrogen-bond donors (Lipinski definition) is 2. The molecule has 0 aromatic heterocycles. The van der Waals surface area contributed by atoms with Crippen molar-refractivity contribution in [2.45, 2.75) is 24.3 Å². The van der Waals surface area contributed by atoms with E-state index >= 15 is 0 Å². The van der Waals surface area contributed by atoms with Gasteiger partial charge in [0.25, 0.3) is 5.91 Å². The van der Waals surface area contributed by atoms with Crippen LogP contribution in [0.5, 0.6) is 5.75 Å². The van der Waals surface area contributed by atoms with E-state index in [0.29, 0.717) is 16.1 Å². The van der Waals surface area contributed by atoms with Crippen molar-refractivity contribution < 1.29 is 19.8 Å². The molecule has 1 aromatic carbocycles. The van der Waals surface area contributed by atoms with Gasteiger partial charge in [-0.25, -0.2) is 4.79 Å². The van der Waals surface area contributed by atoms with Gasteiger partial charge in [0.1, 0.15) is 11.8 Å². The lowest BCUT2D eigenvalue weighted by Crippen LogP contribution is -2.46. The Kier molecular flexibility index (Phi) is 3.88. The Hall–Kier alpha value is -1.21. The van der Waals surface area contributed by atoms with Crippen LogP contribution in [-0.2, 0) is 4.79 Å². The van der Waals surface area contributed by atoms with Gasteiger partial charge in [0.15, 0.2) is 0 Å². The number of carbonyl (C=O) groups is 2. The fourth-order valence-electron chi connectivity index (χ4n) is 2.54. The number of thioether (sulfide) groups is 1. The third kappa shape index (κ3) is 2.76. The van der Waals surface area contributed by atoms with E-state index in [-0.39, 0.29) is 16.7 Å². The maximum atomic E-state index is 12.7. The van der Waals surface area contributed by atoms with Gasteiger partial charge in [-0.1, -0.05) is 15.9 Å². The number of amides is 1. The number of carboxylic acid groups (broad SMARTS) is 1. The third-order valence-electron chi connectivity index (χ3n) is 3.77. The van der Waals surface area contributed by atoms with Crippen molar-refractivity contribution in [3.8, 4) is 5.75 Å². The van der Waals surface area contributed by atoms with E-state index in [2.05, 4.69) is 15.9 Å². The lowest BCUT2D eigenvalue weighted by atomic mass is 10.1. The largest absolute Gasteiger partial charge is 0.507 e. The van der Waals surface area contributed by atoms with Gasteiger partial charge in [0.2, 0.25) is 0 Å². The van der Waals surface area contributed by atoms with Gasteiger partial charge in [0.05, 0.1) is 10.9 Å². The Bertz CT molecular complexity index is 605. The zero-order valence-corrected chi connectivity index (χ0v) is 13.4. The van der Waals surface area contributed by atoms with E-state index in [1.54, 1.807) is 6.07 Å². The van der Waals surface area contributed by atoms with Crippen molar-refractivity contribution in [3.63, 3.8) is 0 Å². The number of aromatic hydroxyl groups is 1. The molecule has 0 radical (unpaired) electrons. The first-order valence-corrected chi connectivity index (χ1v) is 8.49. The highest BCUT2D eigenvalue weighted by atomic mass is 79.9. The van der Waals surface area contributed by atoms with Gasteiger partial charge in [0, 0.05) is 10.2 Å². The van der Waals surface area contributed by atoms with Crippen LogP contribution in [0.4, 0.5) is 0 Å². The second-order valence-electron chi connectivity index (χ2n) is 5.29. The summed E-state index contributed by atoms with van der Waals surface area (Å²) in [6, 6.07) is 3.77. The van der Waals surface area contributed by atoms with Crippen LogP contribution in [0.2, 0.25) is 0 Å². The summed E-state index contributed by atoms with van der Waals surface area (Å²) < 4.78 is 0.672. The van der Waals surface area contributed by atoms with Crippen molar-refractivity contribution >= 4 is 39.6 Å². The topological polar surface area (TPSA) is 77.8 Å². The minimum absolute atomic E-state index is 0.100. The fraction of sp³-hybridized carbons (Fsp3) is 0.429. The van der Waals surface area contributed by atoms with Gasteiger partial charge >= 0.3 is 5.97 Å². The molecule has 3 rings (SSSR count). The molecule has 0 spiro atoms. The molecule has 112 valence electrons. The van der Waals surface area contributed by atoms with Gasteiger partial charge in [-0.2, -0.15) is 0 Å². The predicted molar refractivity (Wildman–Crippen MR) is 82.4 cm³/mol. The number of halogens is 1. The number of benzene rings is 1. The fourth-order valence-corrected chi connectivity index (χ4v) is 4.53. The Labute approximate surface area is 134 Å². The highest BCUT2D eigenvalue weighted by Gasteiger charge is 2.48. The second kappa shape index (κ2) is 5.53. The standard InChI is InChI=1S/C14H14BrNO4S/c15-8-3-4-11(17)9(5-8)12(18)16-10(14(19)20)6-21-13(16)7-1-2-7/h3-5,7,10,13,17H,1-2,6H2,(H,19,20). The molecule has 5 nitrogen and oxygen atoms in total. The molecule has 2 atom stereocenters. The summed E-state index contributed by atoms with van der Waals surface area (Å²) in [6.07, 6.45) is 2.05. The quantitative estimate of drug-likeness (QED) is 0.853. The summed E-state index contributed by atoms with van der Waals surface area (Å²) in [7, 11) is 0. The maximum Gasteiger partial charge on any atom is 0.327 e. The molecule has 0 bridgehead atoms. The molecule has 1 saturated carbocycles. The number of phenolic OH excluding ortho intramolecular Hbond substituents is 1. The molecular formula is C14H14BrNO4S. The van der Waals surface area contributed by atoms with Crippen LogP contribution in [0.15, 0.2) is 22.7 Å². The summed E-state index contributed by atoms with van der Waals surface area (Å²) in [5, 5.41) is 19.2. The molecule has 2 fully saturated rings. The summed E-state index contributed by atoms with van der Waals surface area (Å²) in [6.45, 7) is 0. The molecule has 1 amide bonds. The second-order valence-corrected chi connectivity index (χ2v) is 7.35. The van der Waals surface area contributed by atoms with E-state index in [9.17, 15) is 19.8 Å². The monoisotopic (exact) mass is 371 g/mol. The molecule has 21 heavy (non-hydrogen) atoms. The first kappa shape index (κ1) is 14.7. The van der Waals surface area contributed by atoms with E-state index in [4.69, 9.17) is 0 Å². The van der Waals surface area contributed by atoms with Crippen LogP contribution in [0.1, 0.15) is 23.2 Å². The molecule has 1 saturated heterocycles. The molecule has 1 aliphatic heterocycles. The van der Waals surface area contributed by atoms with E-state index in [1.165, 1.54) is 28.8 Å². The average molecular weight is 372 g/mol. The normalized spacial score (nSPS) is 25.1. The van der Waals surface area contributed by atoms with Crippen molar-refractivity contribution in [2.24, 2.45) is 5.92 Å². The van der Waals surface area contributed by atoms with E-state index in [0.717, 1.165) is 12.8 Å². The molecule has 7 heteroatoms. The number of carboxylic acids is 1. The molecular weight excluding hydrogens is 358 g/mol. The van der Waals surface area contributed by atoms with Gasteiger partial charge in [-0.05, 0) is 37.0 Å². The van der Waals surface area contributed by atoms with Crippen molar-refractivity contribution in [1.82, 2.24) is 4.90 Å². The van der Waals surface area contributed by atoms with Crippen LogP contribution >= 0.6 is 27.7 Å². The molecule has 2 aliphatic rings. The average Bonchev–Trinajstić information content (AvgIpc) is 3.19. The molecule has 1 aliphatic carbocycles. The van der Waals surface area contributed by atoms with Crippen molar-refractivity contribution in [3.05, 3.63) is 28.2 Å². The zero-order chi connectivity index (χ0) is 15.1. The zero-order valence-electron chi connectivity index (χ0n) is 11.0. The summed E-state index contributed by atoms with van der Waals surface area (Å²) >= 11 is 4.79. The SMILES string of the molecule is O=C(O)C1CSC(C2CC2)N1C(=O)c1cc(Br)ccc1O. The lowest BCUT2D eigenvalue weighted by molar-refractivity contribution is -0.141. The third-order valence-corrected chi connectivity index (χ3v) is 5.72. The Morgan fingerprint density at radius 3 is 2.67 bits per heavy atom. The Morgan fingerprint density at radius 2 is 2.05 bits per heavy atom. The molecule has 2 N–H and O–H groups in total. The highest BCUT2D eigenvalue weighted by molar-refractivity contribution is 9.10. The smallest absolute Gasteiger partial charge is 0.327 e. The molecule has 1 heterocycles. The van der Waals surface area contributed by atoms with Crippen molar-refractivity contribution in [1.29, 1.82) is 0 Å². The van der Waals surface area contributed by atoms with Crippen LogP contribution in [-0.4, -0.2) is 44.2 Å². The van der Waals surface area contributed by atoms with Crippen molar-refractivity contribution in [2.75, 3.05) is 5.75 Å². The lowest BCUT2D eigenvalue weighted by Gasteiger charge is -2.27. The van der Waals surface area contributed by atoms with Gasteiger partial charge < -0.3 is 15.1 Å². The summed E-state index contributed by atoms with van der Waals surface area (Å²) in [4.78, 5) is 25.6. The van der Waals surface area contributed by atoms with Gasteiger partial charge in [-0.15, -0.1) is 11.8 Å². The number of phenols is 1. The highest BCUT2D eigenvalue weighted by Crippen LogP contribution is 2.46. The number of rotatable bonds is 3. The number of hydrogen-bond acceptors (Lipinski definition) is 4. The first-order valence-electron chi connectivity index (χ1n) is 6.64. The number of carbonyl (C=O) groups excluding carboxylic acids is 1. The minimum Gasteiger partial charge on any atom is -0.507 e. The van der Waals surface area contributed by atoms with Crippen LogP contribution in [0, 0.1) is 5.92 Å².